The van der Waals surface area contributed by atoms with Gasteiger partial charge in [0, 0.05) is 35.3 Å². The normalized spacial score (nSPS) is 11.4. The Labute approximate surface area is 200 Å². The molecule has 0 fully saturated rings. The highest BCUT2D eigenvalue weighted by atomic mass is 32.1. The zero-order valence-electron chi connectivity index (χ0n) is 19.5. The lowest BCUT2D eigenvalue weighted by Gasteiger charge is -2.12. The van der Waals surface area contributed by atoms with Crippen LogP contribution in [0.1, 0.15) is 62.6 Å². The van der Waals surface area contributed by atoms with Crippen LogP contribution in [0.5, 0.6) is 0 Å². The molecule has 0 aliphatic heterocycles. The molecular weight excluding hydrogens is 455 g/mol. The van der Waals surface area contributed by atoms with Crippen LogP contribution in [0.2, 0.25) is 0 Å². The van der Waals surface area contributed by atoms with Crippen LogP contribution in [-0.4, -0.2) is 31.6 Å². The molecule has 0 spiro atoms. The van der Waals surface area contributed by atoms with Crippen LogP contribution in [0.15, 0.2) is 35.8 Å². The van der Waals surface area contributed by atoms with E-state index in [1.165, 1.54) is 24.3 Å². The summed E-state index contributed by atoms with van der Waals surface area (Å²) in [4.78, 5) is 33.5. The van der Waals surface area contributed by atoms with E-state index in [-0.39, 0.29) is 29.3 Å². The van der Waals surface area contributed by atoms with E-state index in [4.69, 9.17) is 4.98 Å². The summed E-state index contributed by atoms with van der Waals surface area (Å²) >= 11 is 1.20. The van der Waals surface area contributed by atoms with Crippen LogP contribution in [-0.2, 0) is 4.79 Å². The number of aromatic nitrogens is 4. The van der Waals surface area contributed by atoms with Crippen molar-refractivity contribution in [3.8, 4) is 11.3 Å². The van der Waals surface area contributed by atoms with E-state index in [1.54, 1.807) is 34.5 Å². The summed E-state index contributed by atoms with van der Waals surface area (Å²) in [6.07, 6.45) is 1.65. The molecule has 0 atom stereocenters. The van der Waals surface area contributed by atoms with Gasteiger partial charge in [0.1, 0.15) is 5.82 Å². The molecule has 2 N–H and O–H groups in total. The summed E-state index contributed by atoms with van der Waals surface area (Å²) in [7, 11) is 0. The van der Waals surface area contributed by atoms with E-state index in [0.717, 1.165) is 5.69 Å². The predicted octanol–water partition coefficient (Wildman–Crippen LogP) is 5.61. The standard InChI is InChI=1S/C24H25FN6O2S/c1-12(2)20-9-17(18-10-26-31(13(3)4)22(18)28-20)23(33)30-24-29-21(11-34-24)16-7-6-15(8-19(16)25)27-14(5)32/h6-13H,1-5H3,(H,27,32)(H,29,30,33). The number of rotatable bonds is 6. The predicted molar refractivity (Wildman–Crippen MR) is 132 cm³/mol. The molecule has 4 rings (SSSR count). The Morgan fingerprint density at radius 1 is 1.09 bits per heavy atom. The van der Waals surface area contributed by atoms with Crippen molar-refractivity contribution in [3.63, 3.8) is 0 Å². The number of fused-ring (bicyclic) bond motifs is 1. The Kier molecular flexibility index (Phi) is 6.43. The molecule has 0 radical (unpaired) electrons. The third-order valence-electron chi connectivity index (χ3n) is 5.20. The molecule has 0 bridgehead atoms. The fraction of sp³-hybridized carbons (Fsp3) is 0.292. The molecule has 0 unspecified atom stereocenters. The Morgan fingerprint density at radius 3 is 2.50 bits per heavy atom. The van der Waals surface area contributed by atoms with Gasteiger partial charge in [-0.15, -0.1) is 11.3 Å². The van der Waals surface area contributed by atoms with Gasteiger partial charge in [-0.1, -0.05) is 13.8 Å². The highest BCUT2D eigenvalue weighted by Gasteiger charge is 2.20. The molecule has 2 amide bonds. The average Bonchev–Trinajstić information content (AvgIpc) is 3.39. The minimum absolute atomic E-state index is 0.0942. The molecule has 176 valence electrons. The van der Waals surface area contributed by atoms with Crippen molar-refractivity contribution in [2.75, 3.05) is 10.6 Å². The highest BCUT2D eigenvalue weighted by Crippen LogP contribution is 2.30. The molecule has 0 aliphatic carbocycles. The minimum atomic E-state index is -0.520. The van der Waals surface area contributed by atoms with Crippen LogP contribution < -0.4 is 10.6 Å². The number of carbonyl (C=O) groups excluding carboxylic acids is 2. The number of halogens is 1. The van der Waals surface area contributed by atoms with E-state index in [9.17, 15) is 14.0 Å². The van der Waals surface area contributed by atoms with Gasteiger partial charge in [-0.2, -0.15) is 5.10 Å². The molecule has 0 saturated carbocycles. The minimum Gasteiger partial charge on any atom is -0.326 e. The molecule has 4 aromatic rings. The van der Waals surface area contributed by atoms with Crippen molar-refractivity contribution in [1.29, 1.82) is 0 Å². The van der Waals surface area contributed by atoms with Gasteiger partial charge in [-0.25, -0.2) is 19.0 Å². The SMILES string of the molecule is CC(=O)Nc1ccc(-c2csc(NC(=O)c3cc(C(C)C)nc4c3cnn4C(C)C)n2)c(F)c1. The second-order valence-corrected chi connectivity index (χ2v) is 9.40. The lowest BCUT2D eigenvalue weighted by molar-refractivity contribution is -0.114. The van der Waals surface area contributed by atoms with Gasteiger partial charge < -0.3 is 5.32 Å². The molecule has 8 nitrogen and oxygen atoms in total. The number of carbonyl (C=O) groups is 2. The van der Waals surface area contributed by atoms with Gasteiger partial charge in [0.15, 0.2) is 10.8 Å². The maximum Gasteiger partial charge on any atom is 0.258 e. The van der Waals surface area contributed by atoms with Crippen LogP contribution >= 0.6 is 11.3 Å². The van der Waals surface area contributed by atoms with Crippen LogP contribution in [0.4, 0.5) is 15.2 Å². The summed E-state index contributed by atoms with van der Waals surface area (Å²) < 4.78 is 16.4. The lowest BCUT2D eigenvalue weighted by atomic mass is 10.0. The summed E-state index contributed by atoms with van der Waals surface area (Å²) in [5.74, 6) is -1.01. The second-order valence-electron chi connectivity index (χ2n) is 8.54. The number of amides is 2. The third-order valence-corrected chi connectivity index (χ3v) is 5.96. The van der Waals surface area contributed by atoms with Crippen molar-refractivity contribution in [1.82, 2.24) is 19.7 Å². The van der Waals surface area contributed by atoms with E-state index in [0.29, 0.717) is 33.1 Å². The number of hydrogen-bond acceptors (Lipinski definition) is 6. The van der Waals surface area contributed by atoms with Crippen LogP contribution in [0, 0.1) is 5.82 Å². The first kappa shape index (κ1) is 23.5. The van der Waals surface area contributed by atoms with Crippen molar-refractivity contribution in [2.24, 2.45) is 0 Å². The third kappa shape index (κ3) is 4.67. The maximum atomic E-state index is 14.6. The topological polar surface area (TPSA) is 102 Å². The number of nitrogens with one attached hydrogen (secondary N) is 2. The number of benzene rings is 1. The Hall–Kier alpha value is -3.66. The van der Waals surface area contributed by atoms with Crippen molar-refractivity contribution < 1.29 is 14.0 Å². The van der Waals surface area contributed by atoms with E-state index in [1.807, 2.05) is 27.7 Å². The fourth-order valence-corrected chi connectivity index (χ4v) is 4.23. The Balaban J connectivity index is 1.63. The molecule has 10 heteroatoms. The van der Waals surface area contributed by atoms with Gasteiger partial charge in [-0.05, 0) is 44.0 Å². The molecule has 0 aliphatic rings. The van der Waals surface area contributed by atoms with E-state index < -0.39 is 5.82 Å². The summed E-state index contributed by atoms with van der Waals surface area (Å²) in [6, 6.07) is 6.26. The van der Waals surface area contributed by atoms with Crippen molar-refractivity contribution in [2.45, 2.75) is 46.6 Å². The van der Waals surface area contributed by atoms with Crippen molar-refractivity contribution in [3.05, 3.63) is 52.9 Å². The van der Waals surface area contributed by atoms with Gasteiger partial charge in [0.05, 0.1) is 22.8 Å². The molecule has 34 heavy (non-hydrogen) atoms. The number of hydrogen-bond donors (Lipinski definition) is 2. The van der Waals surface area contributed by atoms with Gasteiger partial charge in [-0.3, -0.25) is 14.9 Å². The molecule has 0 saturated heterocycles. The van der Waals surface area contributed by atoms with Crippen molar-refractivity contribution >= 4 is 45.0 Å². The molecular formula is C24H25FN6O2S. The van der Waals surface area contributed by atoms with Gasteiger partial charge >= 0.3 is 0 Å². The van der Waals surface area contributed by atoms with E-state index >= 15 is 0 Å². The quantitative estimate of drug-likeness (QED) is 0.374. The first-order valence-electron chi connectivity index (χ1n) is 10.9. The molecule has 3 aromatic heterocycles. The summed E-state index contributed by atoms with van der Waals surface area (Å²) in [5, 5.41) is 12.5. The van der Waals surface area contributed by atoms with Crippen LogP contribution in [0.25, 0.3) is 22.3 Å². The monoisotopic (exact) mass is 480 g/mol. The largest absolute Gasteiger partial charge is 0.326 e. The number of anilines is 2. The number of thiazole rings is 1. The zero-order valence-corrected chi connectivity index (χ0v) is 20.3. The maximum absolute atomic E-state index is 14.6. The highest BCUT2D eigenvalue weighted by molar-refractivity contribution is 7.14. The first-order valence-corrected chi connectivity index (χ1v) is 11.7. The average molecular weight is 481 g/mol. The van der Waals surface area contributed by atoms with E-state index in [2.05, 4.69) is 20.7 Å². The Morgan fingerprint density at radius 2 is 1.85 bits per heavy atom. The fourth-order valence-electron chi connectivity index (χ4n) is 3.52. The van der Waals surface area contributed by atoms with Crippen LogP contribution in [0.3, 0.4) is 0 Å². The first-order chi connectivity index (χ1) is 16.1. The summed E-state index contributed by atoms with van der Waals surface area (Å²) in [6.45, 7) is 9.41. The lowest BCUT2D eigenvalue weighted by Crippen LogP contribution is -2.14. The smallest absolute Gasteiger partial charge is 0.258 e. The summed E-state index contributed by atoms with van der Waals surface area (Å²) in [5.41, 5.74) is 2.94. The number of pyridine rings is 1. The zero-order chi connectivity index (χ0) is 24.6. The molecule has 1 aromatic carbocycles. The van der Waals surface area contributed by atoms with Gasteiger partial charge in [0.2, 0.25) is 5.91 Å². The Bertz CT molecular complexity index is 1390. The molecule has 3 heterocycles. The van der Waals surface area contributed by atoms with Gasteiger partial charge in [0.25, 0.3) is 5.91 Å². The number of nitrogens with zero attached hydrogens (tertiary/aromatic N) is 4. The second kappa shape index (κ2) is 9.30.